The summed E-state index contributed by atoms with van der Waals surface area (Å²) in [5.74, 6) is -0.342. The van der Waals surface area contributed by atoms with Gasteiger partial charge in [-0.1, -0.05) is 60.7 Å². The van der Waals surface area contributed by atoms with Crippen molar-refractivity contribution in [1.29, 1.82) is 5.26 Å². The second-order valence-corrected chi connectivity index (χ2v) is 6.18. The van der Waals surface area contributed by atoms with Crippen LogP contribution in [-0.4, -0.2) is 16.2 Å². The lowest BCUT2D eigenvalue weighted by Gasteiger charge is -2.06. The number of benzene rings is 3. The fourth-order valence-electron chi connectivity index (χ4n) is 2.95. The van der Waals surface area contributed by atoms with Gasteiger partial charge in [-0.15, -0.1) is 0 Å². The minimum atomic E-state index is -0.587. The summed E-state index contributed by atoms with van der Waals surface area (Å²) in [5, 5.41) is 14.6. The Kier molecular flexibility index (Phi) is 4.82. The first-order chi connectivity index (χ1) is 14.2. The van der Waals surface area contributed by atoms with E-state index in [-0.39, 0.29) is 28.6 Å². The second kappa shape index (κ2) is 7.74. The molecule has 0 aliphatic rings. The van der Waals surface area contributed by atoms with E-state index in [1.165, 1.54) is 6.21 Å². The van der Waals surface area contributed by atoms with E-state index in [0.29, 0.717) is 10.9 Å². The van der Waals surface area contributed by atoms with Gasteiger partial charge in [-0.25, -0.2) is 14.8 Å². The molecule has 4 aromatic rings. The Labute approximate surface area is 165 Å². The molecule has 0 bridgehead atoms. The Morgan fingerprint density at radius 3 is 2.62 bits per heavy atom. The molecule has 0 radical (unpaired) electrons. The van der Waals surface area contributed by atoms with E-state index in [4.69, 9.17) is 0 Å². The molecule has 0 aliphatic heterocycles. The Morgan fingerprint density at radius 2 is 1.83 bits per heavy atom. The molecule has 1 aromatic heterocycles. The number of aromatic nitrogens is 2. The molecule has 1 heterocycles. The summed E-state index contributed by atoms with van der Waals surface area (Å²) >= 11 is 0. The predicted octanol–water partition coefficient (Wildman–Crippen LogP) is 4.05. The zero-order chi connectivity index (χ0) is 20.2. The number of anilines is 1. The molecule has 0 saturated heterocycles. The number of hydrogen-bond acceptors (Lipinski definition) is 5. The molecule has 0 amide bonds. The number of hydrogen-bond donors (Lipinski definition) is 2. The molecule has 2 N–H and O–H groups in total. The fourth-order valence-corrected chi connectivity index (χ4v) is 2.95. The van der Waals surface area contributed by atoms with Crippen molar-refractivity contribution in [3.05, 3.63) is 94.0 Å². The fraction of sp³-hybridized carbons (Fsp3) is 0. The smallest absolute Gasteiger partial charge is 0.270 e. The van der Waals surface area contributed by atoms with Crippen LogP contribution in [0.1, 0.15) is 11.1 Å². The van der Waals surface area contributed by atoms with E-state index in [1.807, 2.05) is 24.3 Å². The van der Waals surface area contributed by atoms with Gasteiger partial charge >= 0.3 is 0 Å². The second-order valence-electron chi connectivity index (χ2n) is 6.18. The first-order valence-electron chi connectivity index (χ1n) is 8.73. The molecular weight excluding hydrogens is 369 g/mol. The highest BCUT2D eigenvalue weighted by atomic mass is 19.1. The van der Waals surface area contributed by atoms with Gasteiger partial charge in [0.1, 0.15) is 17.4 Å². The number of H-pyrrole nitrogens is 1. The van der Waals surface area contributed by atoms with Crippen molar-refractivity contribution in [1.82, 2.24) is 9.97 Å². The normalized spacial score (nSPS) is 10.9. The highest BCUT2D eigenvalue weighted by Crippen LogP contribution is 2.21. The van der Waals surface area contributed by atoms with E-state index >= 15 is 0 Å². The SMILES string of the molecule is N#Cc1c(-c2ccccc2)nc(NN=Cc2ccc3ccccc3c2F)[nH]c1=O. The molecule has 3 aromatic carbocycles. The van der Waals surface area contributed by atoms with E-state index in [2.05, 4.69) is 20.5 Å². The summed E-state index contributed by atoms with van der Waals surface area (Å²) in [4.78, 5) is 19.0. The summed E-state index contributed by atoms with van der Waals surface area (Å²) in [6.07, 6.45) is 1.31. The van der Waals surface area contributed by atoms with Crippen LogP contribution in [0.3, 0.4) is 0 Å². The minimum Gasteiger partial charge on any atom is -0.290 e. The van der Waals surface area contributed by atoms with Crippen molar-refractivity contribution in [3.8, 4) is 17.3 Å². The number of fused-ring (bicyclic) bond motifs is 1. The van der Waals surface area contributed by atoms with Crippen LogP contribution in [0.15, 0.2) is 76.6 Å². The monoisotopic (exact) mass is 383 g/mol. The van der Waals surface area contributed by atoms with Gasteiger partial charge in [-0.3, -0.25) is 9.78 Å². The van der Waals surface area contributed by atoms with Crippen molar-refractivity contribution in [3.63, 3.8) is 0 Å². The van der Waals surface area contributed by atoms with Crippen LogP contribution in [0, 0.1) is 17.1 Å². The molecule has 0 saturated carbocycles. The topological polar surface area (TPSA) is 93.9 Å². The van der Waals surface area contributed by atoms with E-state index in [0.717, 1.165) is 5.39 Å². The zero-order valence-electron chi connectivity index (χ0n) is 15.1. The summed E-state index contributed by atoms with van der Waals surface area (Å²) < 4.78 is 14.6. The maximum Gasteiger partial charge on any atom is 0.270 e. The van der Waals surface area contributed by atoms with Crippen LogP contribution in [0.2, 0.25) is 0 Å². The highest BCUT2D eigenvalue weighted by Gasteiger charge is 2.13. The number of rotatable bonds is 4. The van der Waals surface area contributed by atoms with Crippen molar-refractivity contribution in [2.45, 2.75) is 0 Å². The minimum absolute atomic E-state index is 0.0466. The summed E-state index contributed by atoms with van der Waals surface area (Å²) in [5.41, 5.74) is 3.08. The van der Waals surface area contributed by atoms with Crippen LogP contribution >= 0.6 is 0 Å². The van der Waals surface area contributed by atoms with Crippen LogP contribution in [0.25, 0.3) is 22.0 Å². The van der Waals surface area contributed by atoms with Gasteiger partial charge in [0.15, 0.2) is 0 Å². The van der Waals surface area contributed by atoms with Gasteiger partial charge in [0.25, 0.3) is 5.56 Å². The third kappa shape index (κ3) is 3.59. The molecule has 7 heteroatoms. The highest BCUT2D eigenvalue weighted by molar-refractivity contribution is 5.91. The molecule has 140 valence electrons. The third-order valence-electron chi connectivity index (χ3n) is 4.35. The van der Waals surface area contributed by atoms with Gasteiger partial charge in [-0.05, 0) is 11.5 Å². The van der Waals surface area contributed by atoms with Gasteiger partial charge < -0.3 is 0 Å². The maximum atomic E-state index is 14.6. The van der Waals surface area contributed by atoms with Crippen molar-refractivity contribution < 1.29 is 4.39 Å². The number of nitrogens with one attached hydrogen (secondary N) is 2. The van der Waals surface area contributed by atoms with Gasteiger partial charge in [0.05, 0.1) is 11.9 Å². The van der Waals surface area contributed by atoms with E-state index in [9.17, 15) is 14.4 Å². The Morgan fingerprint density at radius 1 is 1.07 bits per heavy atom. The van der Waals surface area contributed by atoms with Gasteiger partial charge in [0.2, 0.25) is 5.95 Å². The van der Waals surface area contributed by atoms with Gasteiger partial charge in [0, 0.05) is 16.5 Å². The van der Waals surface area contributed by atoms with Crippen LogP contribution in [-0.2, 0) is 0 Å². The lowest BCUT2D eigenvalue weighted by Crippen LogP contribution is -2.16. The first kappa shape index (κ1) is 18.1. The van der Waals surface area contributed by atoms with Crippen molar-refractivity contribution in [2.75, 3.05) is 5.43 Å². The lowest BCUT2D eigenvalue weighted by molar-refractivity contribution is 0.638. The Bertz CT molecular complexity index is 1320. The van der Waals surface area contributed by atoms with E-state index in [1.54, 1.807) is 48.5 Å². The number of halogens is 1. The first-order valence-corrected chi connectivity index (χ1v) is 8.73. The zero-order valence-corrected chi connectivity index (χ0v) is 15.1. The third-order valence-corrected chi connectivity index (χ3v) is 4.35. The van der Waals surface area contributed by atoms with Crippen molar-refractivity contribution in [2.24, 2.45) is 5.10 Å². The molecule has 6 nitrogen and oxygen atoms in total. The molecule has 0 aliphatic carbocycles. The largest absolute Gasteiger partial charge is 0.290 e. The van der Waals surface area contributed by atoms with Gasteiger partial charge in [-0.2, -0.15) is 10.4 Å². The van der Waals surface area contributed by atoms with E-state index < -0.39 is 5.56 Å². The maximum absolute atomic E-state index is 14.6. The van der Waals surface area contributed by atoms with Crippen LogP contribution in [0.4, 0.5) is 10.3 Å². The standard InChI is InChI=1S/C22H14FN5O/c23-19-16(11-10-14-6-4-5-9-17(14)19)13-25-28-22-26-20(15-7-2-1-3-8-15)18(12-24)21(29)27-22/h1-11,13H,(H2,26,27,28,29). The number of aromatic amines is 1. The predicted molar refractivity (Wildman–Crippen MR) is 110 cm³/mol. The quantitative estimate of drug-likeness (QED) is 0.411. The number of nitriles is 1. The molecule has 0 spiro atoms. The Balaban J connectivity index is 1.66. The Hall–Kier alpha value is -4.31. The molecule has 4 rings (SSSR count). The summed E-state index contributed by atoms with van der Waals surface area (Å²) in [6.45, 7) is 0. The lowest BCUT2D eigenvalue weighted by atomic mass is 10.1. The molecule has 0 atom stereocenters. The molecule has 0 fully saturated rings. The van der Waals surface area contributed by atoms with Crippen LogP contribution in [0.5, 0.6) is 0 Å². The summed E-state index contributed by atoms with van der Waals surface area (Å²) in [6, 6.07) is 21.3. The summed E-state index contributed by atoms with van der Waals surface area (Å²) in [7, 11) is 0. The average Bonchev–Trinajstić information content (AvgIpc) is 2.76. The average molecular weight is 383 g/mol. The molecular formula is C22H14FN5O. The molecule has 29 heavy (non-hydrogen) atoms. The van der Waals surface area contributed by atoms with Crippen LogP contribution < -0.4 is 11.0 Å². The number of hydrazone groups is 1. The molecule has 0 unspecified atom stereocenters. The number of nitrogens with zero attached hydrogens (tertiary/aromatic N) is 3. The van der Waals surface area contributed by atoms with Crippen molar-refractivity contribution >= 4 is 22.9 Å².